The van der Waals surface area contributed by atoms with Crippen LogP contribution >= 0.6 is 0 Å². The smallest absolute Gasteiger partial charge is 0.405 e. The third-order valence-electron chi connectivity index (χ3n) is 5.82. The van der Waals surface area contributed by atoms with Gasteiger partial charge in [0.05, 0.1) is 0 Å². The van der Waals surface area contributed by atoms with Gasteiger partial charge in [-0.3, -0.25) is 4.79 Å². The van der Waals surface area contributed by atoms with Crippen molar-refractivity contribution in [3.8, 4) is 0 Å². The highest BCUT2D eigenvalue weighted by molar-refractivity contribution is 7.86. The summed E-state index contributed by atoms with van der Waals surface area (Å²) in [5.41, 5.74) is -1.58. The molecule has 4 aliphatic carbocycles. The van der Waals surface area contributed by atoms with E-state index in [1.807, 2.05) is 0 Å². The SMILES string of the molecule is O=C(C(C(F)(F)F)C(F)(F)S(=O)(=O)[O-])C12CC3CC(CC(C3)C1)C2. The fourth-order valence-electron chi connectivity index (χ4n) is 5.35. The molecule has 0 heterocycles. The van der Waals surface area contributed by atoms with Crippen LogP contribution in [0.3, 0.4) is 0 Å². The Labute approximate surface area is 135 Å². The molecule has 4 fully saturated rings. The summed E-state index contributed by atoms with van der Waals surface area (Å²) < 4.78 is 99.2. The standard InChI is InChI=1S/C14H17F5O4S/c15-13(16,17)10(14(18,19)24(21,22)23)11(20)12-4-7-1-8(5-12)3-9(2-7)6-12/h7-10H,1-6H2,(H,21,22,23)/p-1. The van der Waals surface area contributed by atoms with E-state index in [0.29, 0.717) is 0 Å². The third-order valence-corrected chi connectivity index (χ3v) is 6.72. The molecule has 10 heteroatoms. The molecule has 4 rings (SSSR count). The molecule has 138 valence electrons. The number of Topliss-reactive ketones (excluding diaryl/α,β-unsaturated/α-hetero) is 1. The number of rotatable bonds is 4. The maximum absolute atomic E-state index is 13.8. The Morgan fingerprint density at radius 2 is 1.33 bits per heavy atom. The van der Waals surface area contributed by atoms with Crippen molar-refractivity contribution in [3.05, 3.63) is 0 Å². The van der Waals surface area contributed by atoms with Crippen LogP contribution in [-0.2, 0) is 14.9 Å². The second-order valence-corrected chi connectivity index (χ2v) is 9.01. The molecule has 0 amide bonds. The molecule has 4 saturated carbocycles. The molecule has 0 saturated heterocycles. The van der Waals surface area contributed by atoms with Crippen molar-refractivity contribution >= 4 is 15.9 Å². The quantitative estimate of drug-likeness (QED) is 0.559. The molecule has 4 bridgehead atoms. The normalized spacial score (nSPS) is 37.5. The van der Waals surface area contributed by atoms with Gasteiger partial charge in [0.2, 0.25) is 0 Å². The van der Waals surface area contributed by atoms with Gasteiger partial charge in [0, 0.05) is 5.41 Å². The Morgan fingerprint density at radius 3 is 1.62 bits per heavy atom. The van der Waals surface area contributed by atoms with Crippen LogP contribution in [0, 0.1) is 29.1 Å². The van der Waals surface area contributed by atoms with Crippen molar-refractivity contribution in [2.24, 2.45) is 29.1 Å². The first-order chi connectivity index (χ1) is 10.8. The van der Waals surface area contributed by atoms with Crippen LogP contribution < -0.4 is 0 Å². The first kappa shape index (κ1) is 18.0. The highest BCUT2D eigenvalue weighted by atomic mass is 32.2. The lowest BCUT2D eigenvalue weighted by molar-refractivity contribution is -0.225. The van der Waals surface area contributed by atoms with Crippen LogP contribution in [0.4, 0.5) is 22.0 Å². The Hall–Kier alpha value is -0.770. The average molecular weight is 375 g/mol. The number of carbonyl (C=O) groups excluding carboxylic acids is 1. The van der Waals surface area contributed by atoms with Gasteiger partial charge in [-0.1, -0.05) is 0 Å². The first-order valence-corrected chi connectivity index (χ1v) is 9.11. The molecule has 0 aromatic rings. The fraction of sp³-hybridized carbons (Fsp3) is 0.929. The minimum Gasteiger partial charge on any atom is -0.743 e. The zero-order valence-corrected chi connectivity index (χ0v) is 13.3. The number of halogens is 5. The summed E-state index contributed by atoms with van der Waals surface area (Å²) in [4.78, 5) is 12.5. The van der Waals surface area contributed by atoms with E-state index in [9.17, 15) is 39.7 Å². The zero-order valence-electron chi connectivity index (χ0n) is 12.5. The summed E-state index contributed by atoms with van der Waals surface area (Å²) in [5, 5.41) is -5.70. The van der Waals surface area contributed by atoms with Gasteiger partial charge >= 0.3 is 11.4 Å². The Kier molecular flexibility index (Phi) is 3.85. The van der Waals surface area contributed by atoms with Crippen LogP contribution in [0.5, 0.6) is 0 Å². The van der Waals surface area contributed by atoms with E-state index in [0.717, 1.165) is 19.3 Å². The van der Waals surface area contributed by atoms with E-state index < -0.39 is 38.7 Å². The fourth-order valence-corrected chi connectivity index (χ4v) is 5.88. The molecule has 4 nitrogen and oxygen atoms in total. The molecule has 24 heavy (non-hydrogen) atoms. The predicted molar refractivity (Wildman–Crippen MR) is 69.8 cm³/mol. The summed E-state index contributed by atoms with van der Waals surface area (Å²) in [5.74, 6) is -5.90. The van der Waals surface area contributed by atoms with E-state index in [-0.39, 0.29) is 37.0 Å². The van der Waals surface area contributed by atoms with E-state index in [2.05, 4.69) is 0 Å². The number of carbonyl (C=O) groups is 1. The second-order valence-electron chi connectivity index (χ2n) is 7.55. The average Bonchev–Trinajstić information content (AvgIpc) is 2.33. The Bertz CT molecular complexity index is 619. The lowest BCUT2D eigenvalue weighted by Gasteiger charge is -2.56. The summed E-state index contributed by atoms with van der Waals surface area (Å²) in [7, 11) is -6.63. The molecule has 1 unspecified atom stereocenters. The minimum absolute atomic E-state index is 0.00608. The van der Waals surface area contributed by atoms with Crippen molar-refractivity contribution in [1.29, 1.82) is 0 Å². The van der Waals surface area contributed by atoms with E-state index in [1.165, 1.54) is 0 Å². The third kappa shape index (κ3) is 2.65. The van der Waals surface area contributed by atoms with Gasteiger partial charge in [-0.2, -0.15) is 22.0 Å². The Balaban J connectivity index is 2.02. The van der Waals surface area contributed by atoms with E-state index in [1.54, 1.807) is 0 Å². The lowest BCUT2D eigenvalue weighted by Crippen LogP contribution is -2.58. The molecule has 0 radical (unpaired) electrons. The first-order valence-electron chi connectivity index (χ1n) is 7.70. The van der Waals surface area contributed by atoms with Gasteiger partial charge in [0.25, 0.3) is 0 Å². The van der Waals surface area contributed by atoms with Crippen LogP contribution in [0.1, 0.15) is 38.5 Å². The highest BCUT2D eigenvalue weighted by Gasteiger charge is 2.68. The second kappa shape index (κ2) is 5.12. The van der Waals surface area contributed by atoms with Gasteiger partial charge < -0.3 is 4.55 Å². The molecule has 0 aromatic heterocycles. The number of hydrogen-bond acceptors (Lipinski definition) is 4. The van der Waals surface area contributed by atoms with Gasteiger partial charge in [0.15, 0.2) is 21.8 Å². The molecule has 0 N–H and O–H groups in total. The number of ketones is 1. The molecule has 0 aromatic carbocycles. The highest BCUT2D eigenvalue weighted by Crippen LogP contribution is 2.62. The predicted octanol–water partition coefficient (Wildman–Crippen LogP) is 3.09. The number of alkyl halides is 5. The van der Waals surface area contributed by atoms with Crippen molar-refractivity contribution in [3.63, 3.8) is 0 Å². The molecule has 4 aliphatic rings. The maximum atomic E-state index is 13.8. The monoisotopic (exact) mass is 375 g/mol. The maximum Gasteiger partial charge on any atom is 0.405 e. The summed E-state index contributed by atoms with van der Waals surface area (Å²) in [6.45, 7) is 0. The molecule has 0 aliphatic heterocycles. The Morgan fingerprint density at radius 1 is 0.958 bits per heavy atom. The van der Waals surface area contributed by atoms with Crippen molar-refractivity contribution in [2.75, 3.05) is 0 Å². The zero-order chi connectivity index (χ0) is 18.1. The molecule has 0 spiro atoms. The lowest BCUT2D eigenvalue weighted by atomic mass is 9.47. The van der Waals surface area contributed by atoms with Gasteiger partial charge in [-0.05, 0) is 56.3 Å². The summed E-state index contributed by atoms with van der Waals surface area (Å²) >= 11 is 0. The van der Waals surface area contributed by atoms with Crippen molar-refractivity contribution in [2.45, 2.75) is 50.0 Å². The van der Waals surface area contributed by atoms with E-state index in [4.69, 9.17) is 0 Å². The van der Waals surface area contributed by atoms with Gasteiger partial charge in [-0.25, -0.2) is 8.42 Å². The van der Waals surface area contributed by atoms with Crippen LogP contribution in [0.2, 0.25) is 0 Å². The van der Waals surface area contributed by atoms with Crippen molar-refractivity contribution < 1.29 is 39.7 Å². The van der Waals surface area contributed by atoms with Crippen LogP contribution in [0.15, 0.2) is 0 Å². The molecule has 1 atom stereocenters. The topological polar surface area (TPSA) is 74.3 Å². The summed E-state index contributed by atoms with van der Waals surface area (Å²) in [6, 6.07) is 0. The van der Waals surface area contributed by atoms with Crippen LogP contribution in [-0.4, -0.2) is 30.2 Å². The van der Waals surface area contributed by atoms with Gasteiger partial charge in [-0.15, -0.1) is 0 Å². The summed E-state index contributed by atoms with van der Waals surface area (Å²) in [6.07, 6.45) is -3.31. The van der Waals surface area contributed by atoms with Crippen molar-refractivity contribution in [1.82, 2.24) is 0 Å². The van der Waals surface area contributed by atoms with Gasteiger partial charge in [0.1, 0.15) is 0 Å². The number of hydrogen-bond donors (Lipinski definition) is 0. The largest absolute Gasteiger partial charge is 0.743 e. The van der Waals surface area contributed by atoms with E-state index >= 15 is 0 Å². The minimum atomic E-state index is -6.63. The molecular formula is C14H16F5O4S-. The van der Waals surface area contributed by atoms with Crippen LogP contribution in [0.25, 0.3) is 0 Å². The molecular weight excluding hydrogens is 359 g/mol.